The molecule has 0 radical (unpaired) electrons. The van der Waals surface area contributed by atoms with E-state index in [2.05, 4.69) is 22.4 Å². The summed E-state index contributed by atoms with van der Waals surface area (Å²) >= 11 is 1.77. The fraction of sp³-hybridized carbons (Fsp3) is 0.706. The van der Waals surface area contributed by atoms with E-state index >= 15 is 0 Å². The lowest BCUT2D eigenvalue weighted by Crippen LogP contribution is -2.34. The highest BCUT2D eigenvalue weighted by Gasteiger charge is 2.42. The van der Waals surface area contributed by atoms with Gasteiger partial charge in [-0.15, -0.1) is 11.3 Å². The van der Waals surface area contributed by atoms with E-state index in [0.29, 0.717) is 17.9 Å². The topological polar surface area (TPSA) is 20.3 Å². The zero-order valence-corrected chi connectivity index (χ0v) is 12.8. The average Bonchev–Trinajstić information content (AvgIpc) is 2.89. The molecule has 1 amide bonds. The molecule has 3 heteroatoms. The van der Waals surface area contributed by atoms with Crippen LogP contribution in [-0.2, 0) is 11.3 Å². The highest BCUT2D eigenvalue weighted by atomic mass is 32.1. The lowest BCUT2D eigenvalue weighted by molar-refractivity contribution is -0.133. The van der Waals surface area contributed by atoms with Crippen LogP contribution in [0, 0.1) is 17.8 Å². The molecule has 4 rings (SSSR count). The predicted octanol–water partition coefficient (Wildman–Crippen LogP) is 4.07. The monoisotopic (exact) mass is 289 g/mol. The van der Waals surface area contributed by atoms with E-state index < -0.39 is 0 Å². The van der Waals surface area contributed by atoms with Crippen molar-refractivity contribution >= 4 is 17.2 Å². The van der Waals surface area contributed by atoms with Crippen LogP contribution in [0.4, 0.5) is 0 Å². The Balaban J connectivity index is 1.40. The molecule has 1 aromatic heterocycles. The minimum absolute atomic E-state index is 0.429. The number of hydrogen-bond donors (Lipinski definition) is 0. The molecule has 1 heterocycles. The number of fused-ring (bicyclic) bond motifs is 2. The van der Waals surface area contributed by atoms with Crippen LogP contribution in [0.15, 0.2) is 17.5 Å². The van der Waals surface area contributed by atoms with Gasteiger partial charge in [-0.05, 0) is 61.3 Å². The van der Waals surface area contributed by atoms with E-state index in [0.717, 1.165) is 24.8 Å². The van der Waals surface area contributed by atoms with Crippen molar-refractivity contribution in [2.24, 2.45) is 17.8 Å². The van der Waals surface area contributed by atoms with Gasteiger partial charge in [0.2, 0.25) is 5.91 Å². The second-order valence-electron chi connectivity index (χ2n) is 6.97. The molecule has 3 unspecified atom stereocenters. The van der Waals surface area contributed by atoms with Gasteiger partial charge in [0.15, 0.2) is 0 Å². The SMILES string of the molecule is O=C(CC1CC2CCC1C2)N(Cc1cccs1)C1CC1. The van der Waals surface area contributed by atoms with Crippen LogP contribution in [0.25, 0.3) is 0 Å². The summed E-state index contributed by atoms with van der Waals surface area (Å²) in [5.41, 5.74) is 0. The molecule has 3 aliphatic carbocycles. The van der Waals surface area contributed by atoms with Gasteiger partial charge in [-0.1, -0.05) is 12.5 Å². The number of carbonyl (C=O) groups is 1. The predicted molar refractivity (Wildman–Crippen MR) is 81.4 cm³/mol. The summed E-state index contributed by atoms with van der Waals surface area (Å²) in [4.78, 5) is 16.2. The summed E-state index contributed by atoms with van der Waals surface area (Å²) in [6.07, 6.45) is 8.80. The molecule has 108 valence electrons. The third kappa shape index (κ3) is 2.52. The van der Waals surface area contributed by atoms with E-state index in [1.54, 1.807) is 11.3 Å². The first-order valence-corrected chi connectivity index (χ1v) is 8.99. The summed E-state index contributed by atoms with van der Waals surface area (Å²) in [5.74, 6) is 2.94. The van der Waals surface area contributed by atoms with E-state index in [9.17, 15) is 4.79 Å². The second kappa shape index (κ2) is 5.18. The zero-order chi connectivity index (χ0) is 13.5. The molecule has 3 atom stereocenters. The van der Waals surface area contributed by atoms with Crippen LogP contribution < -0.4 is 0 Å². The molecule has 0 saturated heterocycles. The third-order valence-electron chi connectivity index (χ3n) is 5.54. The van der Waals surface area contributed by atoms with Crippen molar-refractivity contribution in [1.29, 1.82) is 0 Å². The summed E-state index contributed by atoms with van der Waals surface area (Å²) in [6.45, 7) is 0.849. The standard InChI is InChI=1S/C17H23NOS/c19-17(10-14-9-12-3-4-13(14)8-12)18(15-5-6-15)11-16-2-1-7-20-16/h1-2,7,12-15H,3-6,8-11H2. The van der Waals surface area contributed by atoms with Crippen molar-refractivity contribution in [3.05, 3.63) is 22.4 Å². The maximum absolute atomic E-state index is 12.7. The van der Waals surface area contributed by atoms with Crippen LogP contribution >= 0.6 is 11.3 Å². The van der Waals surface area contributed by atoms with E-state index in [-0.39, 0.29) is 0 Å². The van der Waals surface area contributed by atoms with Crippen molar-refractivity contribution < 1.29 is 4.79 Å². The minimum atomic E-state index is 0.429. The fourth-order valence-electron chi connectivity index (χ4n) is 4.35. The molecule has 0 spiro atoms. The summed E-state index contributed by atoms with van der Waals surface area (Å²) in [6, 6.07) is 4.79. The van der Waals surface area contributed by atoms with Crippen LogP contribution in [0.2, 0.25) is 0 Å². The molecule has 2 bridgehead atoms. The first kappa shape index (κ1) is 12.9. The van der Waals surface area contributed by atoms with Gasteiger partial charge in [0, 0.05) is 17.3 Å². The summed E-state index contributed by atoms with van der Waals surface area (Å²) in [7, 11) is 0. The Morgan fingerprint density at radius 1 is 1.25 bits per heavy atom. The van der Waals surface area contributed by atoms with Gasteiger partial charge in [-0.2, -0.15) is 0 Å². The average molecular weight is 289 g/mol. The maximum Gasteiger partial charge on any atom is 0.223 e. The summed E-state index contributed by atoms with van der Waals surface area (Å²) in [5, 5.41) is 2.11. The van der Waals surface area contributed by atoms with Gasteiger partial charge in [-0.3, -0.25) is 4.79 Å². The smallest absolute Gasteiger partial charge is 0.223 e. The molecular formula is C17H23NOS. The van der Waals surface area contributed by atoms with Crippen LogP contribution in [0.3, 0.4) is 0 Å². The van der Waals surface area contributed by atoms with Crippen molar-refractivity contribution in [3.63, 3.8) is 0 Å². The molecule has 2 nitrogen and oxygen atoms in total. The van der Waals surface area contributed by atoms with Gasteiger partial charge in [-0.25, -0.2) is 0 Å². The van der Waals surface area contributed by atoms with Gasteiger partial charge in [0.05, 0.1) is 6.54 Å². The van der Waals surface area contributed by atoms with Gasteiger partial charge >= 0.3 is 0 Å². The number of rotatable bonds is 5. The lowest BCUT2D eigenvalue weighted by Gasteiger charge is -2.26. The first-order valence-electron chi connectivity index (χ1n) is 8.11. The molecule has 20 heavy (non-hydrogen) atoms. The Morgan fingerprint density at radius 3 is 2.75 bits per heavy atom. The van der Waals surface area contributed by atoms with Crippen LogP contribution in [-0.4, -0.2) is 16.8 Å². The van der Waals surface area contributed by atoms with Crippen molar-refractivity contribution in [1.82, 2.24) is 4.90 Å². The van der Waals surface area contributed by atoms with Crippen LogP contribution in [0.5, 0.6) is 0 Å². The summed E-state index contributed by atoms with van der Waals surface area (Å²) < 4.78 is 0. The van der Waals surface area contributed by atoms with Crippen molar-refractivity contribution in [2.75, 3.05) is 0 Å². The Hall–Kier alpha value is -0.830. The normalized spacial score (nSPS) is 31.7. The molecule has 3 fully saturated rings. The van der Waals surface area contributed by atoms with E-state index in [1.165, 1.54) is 43.4 Å². The number of amides is 1. The second-order valence-corrected chi connectivity index (χ2v) is 8.00. The fourth-order valence-corrected chi connectivity index (χ4v) is 5.05. The van der Waals surface area contributed by atoms with Gasteiger partial charge < -0.3 is 4.90 Å². The molecule has 0 aromatic carbocycles. The number of hydrogen-bond acceptors (Lipinski definition) is 2. The quantitative estimate of drug-likeness (QED) is 0.800. The molecule has 3 saturated carbocycles. The Bertz CT molecular complexity index is 479. The molecule has 3 aliphatic rings. The van der Waals surface area contributed by atoms with Gasteiger partial charge in [0.25, 0.3) is 0 Å². The first-order chi connectivity index (χ1) is 9.79. The van der Waals surface area contributed by atoms with Crippen molar-refractivity contribution in [2.45, 2.75) is 57.5 Å². The maximum atomic E-state index is 12.7. The molecule has 0 N–H and O–H groups in total. The zero-order valence-electron chi connectivity index (χ0n) is 12.0. The molecular weight excluding hydrogens is 266 g/mol. The highest BCUT2D eigenvalue weighted by Crippen LogP contribution is 2.49. The lowest BCUT2D eigenvalue weighted by atomic mass is 9.86. The Labute approximate surface area is 125 Å². The molecule has 1 aromatic rings. The third-order valence-corrected chi connectivity index (χ3v) is 6.40. The Kier molecular flexibility index (Phi) is 3.33. The van der Waals surface area contributed by atoms with E-state index in [1.807, 2.05) is 0 Å². The largest absolute Gasteiger partial charge is 0.335 e. The number of nitrogens with zero attached hydrogens (tertiary/aromatic N) is 1. The number of carbonyl (C=O) groups excluding carboxylic acids is 1. The van der Waals surface area contributed by atoms with E-state index in [4.69, 9.17) is 0 Å². The molecule has 0 aliphatic heterocycles. The number of thiophene rings is 1. The highest BCUT2D eigenvalue weighted by molar-refractivity contribution is 7.09. The Morgan fingerprint density at radius 2 is 2.15 bits per heavy atom. The van der Waals surface area contributed by atoms with Gasteiger partial charge in [0.1, 0.15) is 0 Å². The minimum Gasteiger partial charge on any atom is -0.335 e. The van der Waals surface area contributed by atoms with Crippen LogP contribution in [0.1, 0.15) is 49.8 Å². The van der Waals surface area contributed by atoms with Crippen molar-refractivity contribution in [3.8, 4) is 0 Å².